The highest BCUT2D eigenvalue weighted by Gasteiger charge is 2.25. The van der Waals surface area contributed by atoms with E-state index < -0.39 is 4.92 Å². The minimum atomic E-state index is -0.420. The molecule has 0 radical (unpaired) electrons. The van der Waals surface area contributed by atoms with Crippen LogP contribution in [0.3, 0.4) is 0 Å². The second kappa shape index (κ2) is 5.26. The zero-order valence-corrected chi connectivity index (χ0v) is 11.3. The van der Waals surface area contributed by atoms with Crippen LogP contribution in [-0.2, 0) is 4.74 Å². The van der Waals surface area contributed by atoms with Gasteiger partial charge in [0.05, 0.1) is 35.2 Å². The molecule has 1 aliphatic rings. The predicted octanol–water partition coefficient (Wildman–Crippen LogP) is 1.92. The van der Waals surface area contributed by atoms with Crippen LogP contribution in [0.4, 0.5) is 11.6 Å². The molecule has 0 bridgehead atoms. The van der Waals surface area contributed by atoms with E-state index in [1.165, 1.54) is 12.1 Å². The van der Waals surface area contributed by atoms with Crippen molar-refractivity contribution >= 4 is 34.3 Å². The number of fused-ring (bicyclic) bond motifs is 1. The summed E-state index contributed by atoms with van der Waals surface area (Å²) < 4.78 is 5.39. The zero-order chi connectivity index (χ0) is 14.1. The second-order valence-corrected chi connectivity index (χ2v) is 4.90. The minimum absolute atomic E-state index is 0.0450. The summed E-state index contributed by atoms with van der Waals surface area (Å²) >= 11 is 5.94. The molecule has 2 aromatic rings. The maximum atomic E-state index is 10.8. The molecular weight excluding hydrogens is 284 g/mol. The number of nitro groups is 1. The summed E-state index contributed by atoms with van der Waals surface area (Å²) in [7, 11) is 0. The summed E-state index contributed by atoms with van der Waals surface area (Å²) in [5, 5.41) is 10.8. The van der Waals surface area contributed by atoms with Gasteiger partial charge in [-0.3, -0.25) is 10.1 Å². The molecule has 0 spiro atoms. The first-order valence-corrected chi connectivity index (χ1v) is 6.77. The SMILES string of the molecule is O=[N+]([O-])c1ccc2nc(N3CCOCC3CCl)[nH]c2c1. The molecule has 0 amide bonds. The number of anilines is 1. The van der Waals surface area contributed by atoms with E-state index in [0.717, 1.165) is 0 Å². The molecule has 0 aliphatic carbocycles. The first-order valence-electron chi connectivity index (χ1n) is 6.23. The van der Waals surface area contributed by atoms with Crippen molar-refractivity contribution in [1.82, 2.24) is 9.97 Å². The highest BCUT2D eigenvalue weighted by molar-refractivity contribution is 6.18. The van der Waals surface area contributed by atoms with Crippen LogP contribution in [0, 0.1) is 10.1 Å². The van der Waals surface area contributed by atoms with E-state index in [1.807, 2.05) is 4.90 Å². The molecule has 1 aromatic heterocycles. The highest BCUT2D eigenvalue weighted by Crippen LogP contribution is 2.24. The van der Waals surface area contributed by atoms with E-state index in [1.54, 1.807) is 6.07 Å². The summed E-state index contributed by atoms with van der Waals surface area (Å²) in [4.78, 5) is 20.0. The number of hydrogen-bond acceptors (Lipinski definition) is 5. The van der Waals surface area contributed by atoms with Gasteiger partial charge in [0, 0.05) is 24.6 Å². The van der Waals surface area contributed by atoms with Gasteiger partial charge in [0.2, 0.25) is 5.95 Å². The molecule has 1 N–H and O–H groups in total. The van der Waals surface area contributed by atoms with Crippen LogP contribution in [-0.4, -0.2) is 46.6 Å². The third-order valence-electron chi connectivity index (χ3n) is 3.34. The van der Waals surface area contributed by atoms with E-state index in [2.05, 4.69) is 9.97 Å². The van der Waals surface area contributed by atoms with Gasteiger partial charge >= 0.3 is 0 Å². The second-order valence-electron chi connectivity index (χ2n) is 4.60. The Kier molecular flexibility index (Phi) is 3.45. The number of benzene rings is 1. The Bertz CT molecular complexity index is 645. The largest absolute Gasteiger partial charge is 0.377 e. The summed E-state index contributed by atoms with van der Waals surface area (Å²) in [5.74, 6) is 1.12. The van der Waals surface area contributed by atoms with E-state index in [4.69, 9.17) is 16.3 Å². The number of nitro benzene ring substituents is 1. The van der Waals surface area contributed by atoms with Gasteiger partial charge in [-0.05, 0) is 6.07 Å². The maximum absolute atomic E-state index is 10.8. The van der Waals surface area contributed by atoms with Crippen LogP contribution in [0.1, 0.15) is 0 Å². The highest BCUT2D eigenvalue weighted by atomic mass is 35.5. The summed E-state index contributed by atoms with van der Waals surface area (Å²) in [5.41, 5.74) is 1.39. The molecule has 2 heterocycles. The fourth-order valence-corrected chi connectivity index (χ4v) is 2.55. The number of hydrogen-bond donors (Lipinski definition) is 1. The fraction of sp³-hybridized carbons (Fsp3) is 0.417. The third kappa shape index (κ3) is 2.30. The molecule has 106 valence electrons. The van der Waals surface area contributed by atoms with Crippen molar-refractivity contribution in [2.24, 2.45) is 0 Å². The van der Waals surface area contributed by atoms with Gasteiger partial charge in [-0.1, -0.05) is 0 Å². The normalized spacial score (nSPS) is 19.4. The average Bonchev–Trinajstić information content (AvgIpc) is 2.89. The van der Waals surface area contributed by atoms with Crippen molar-refractivity contribution in [1.29, 1.82) is 0 Å². The summed E-state index contributed by atoms with van der Waals surface area (Å²) in [6.07, 6.45) is 0. The number of nitrogens with one attached hydrogen (secondary N) is 1. The summed E-state index contributed by atoms with van der Waals surface area (Å²) in [6.45, 7) is 1.87. The number of morpholine rings is 1. The van der Waals surface area contributed by atoms with Gasteiger partial charge < -0.3 is 14.6 Å². The van der Waals surface area contributed by atoms with Crippen LogP contribution in [0.25, 0.3) is 11.0 Å². The lowest BCUT2D eigenvalue weighted by Crippen LogP contribution is -2.47. The standard InChI is InChI=1S/C12H13ClN4O3/c13-6-9-7-20-4-3-16(9)12-14-10-2-1-8(17(18)19)5-11(10)15-12/h1-2,5,9H,3-4,6-7H2,(H,14,15). The Morgan fingerprint density at radius 3 is 3.20 bits per heavy atom. The molecule has 1 saturated heterocycles. The van der Waals surface area contributed by atoms with Gasteiger partial charge in [-0.2, -0.15) is 0 Å². The van der Waals surface area contributed by atoms with Crippen molar-refractivity contribution in [3.05, 3.63) is 28.3 Å². The van der Waals surface area contributed by atoms with Crippen molar-refractivity contribution in [2.75, 3.05) is 30.5 Å². The number of imidazole rings is 1. The Hall–Kier alpha value is -1.86. The minimum Gasteiger partial charge on any atom is -0.377 e. The van der Waals surface area contributed by atoms with E-state index in [9.17, 15) is 10.1 Å². The molecule has 7 nitrogen and oxygen atoms in total. The Labute approximate surface area is 119 Å². The predicted molar refractivity (Wildman–Crippen MR) is 75.4 cm³/mol. The zero-order valence-electron chi connectivity index (χ0n) is 10.6. The molecule has 1 aromatic carbocycles. The van der Waals surface area contributed by atoms with Gasteiger partial charge in [0.1, 0.15) is 0 Å². The number of alkyl halides is 1. The maximum Gasteiger partial charge on any atom is 0.271 e. The first kappa shape index (κ1) is 13.1. The Morgan fingerprint density at radius 2 is 2.45 bits per heavy atom. The molecule has 1 aliphatic heterocycles. The van der Waals surface area contributed by atoms with Crippen molar-refractivity contribution in [3.63, 3.8) is 0 Å². The number of nitrogens with zero attached hydrogens (tertiary/aromatic N) is 3. The molecule has 1 fully saturated rings. The number of aromatic amines is 1. The quantitative estimate of drug-likeness (QED) is 0.531. The lowest BCUT2D eigenvalue weighted by Gasteiger charge is -2.34. The first-order chi connectivity index (χ1) is 9.69. The van der Waals surface area contributed by atoms with Gasteiger partial charge in [-0.25, -0.2) is 4.98 Å². The Balaban J connectivity index is 1.97. The third-order valence-corrected chi connectivity index (χ3v) is 3.70. The van der Waals surface area contributed by atoms with Crippen LogP contribution in [0.5, 0.6) is 0 Å². The number of rotatable bonds is 3. The van der Waals surface area contributed by atoms with Gasteiger partial charge in [0.25, 0.3) is 5.69 Å². The van der Waals surface area contributed by atoms with Crippen LogP contribution in [0.2, 0.25) is 0 Å². The van der Waals surface area contributed by atoms with Gasteiger partial charge in [-0.15, -0.1) is 11.6 Å². The van der Waals surface area contributed by atoms with E-state index in [0.29, 0.717) is 42.6 Å². The molecular formula is C12H13ClN4O3. The fourth-order valence-electron chi connectivity index (χ4n) is 2.30. The number of aromatic nitrogens is 2. The van der Waals surface area contributed by atoms with Crippen molar-refractivity contribution < 1.29 is 9.66 Å². The number of non-ortho nitro benzene ring substituents is 1. The topological polar surface area (TPSA) is 84.3 Å². The number of H-pyrrole nitrogens is 1. The lowest BCUT2D eigenvalue weighted by molar-refractivity contribution is -0.384. The molecule has 1 unspecified atom stereocenters. The number of halogens is 1. The van der Waals surface area contributed by atoms with E-state index in [-0.39, 0.29) is 11.7 Å². The van der Waals surface area contributed by atoms with Crippen molar-refractivity contribution in [3.8, 4) is 0 Å². The molecule has 8 heteroatoms. The summed E-state index contributed by atoms with van der Waals surface area (Å²) in [6, 6.07) is 4.64. The van der Waals surface area contributed by atoms with Crippen LogP contribution in [0.15, 0.2) is 18.2 Å². The smallest absolute Gasteiger partial charge is 0.271 e. The number of ether oxygens (including phenoxy) is 1. The van der Waals surface area contributed by atoms with E-state index >= 15 is 0 Å². The molecule has 1 atom stereocenters. The lowest BCUT2D eigenvalue weighted by atomic mass is 10.3. The monoisotopic (exact) mass is 296 g/mol. The Morgan fingerprint density at radius 1 is 1.60 bits per heavy atom. The molecule has 0 saturated carbocycles. The van der Waals surface area contributed by atoms with Crippen molar-refractivity contribution in [2.45, 2.75) is 6.04 Å². The van der Waals surface area contributed by atoms with Crippen LogP contribution >= 0.6 is 11.6 Å². The molecule has 3 rings (SSSR count). The average molecular weight is 297 g/mol. The van der Waals surface area contributed by atoms with Crippen LogP contribution < -0.4 is 4.90 Å². The molecule has 20 heavy (non-hydrogen) atoms. The van der Waals surface area contributed by atoms with Gasteiger partial charge in [0.15, 0.2) is 0 Å².